The number of oxazole rings is 1. The van der Waals surface area contributed by atoms with Crippen LogP contribution in [0.3, 0.4) is 0 Å². The molecule has 0 aliphatic heterocycles. The maximum Gasteiger partial charge on any atom is 0.273 e. The zero-order chi connectivity index (χ0) is 18.8. The van der Waals surface area contributed by atoms with Crippen LogP contribution in [0.25, 0.3) is 11.4 Å². The van der Waals surface area contributed by atoms with E-state index in [1.807, 2.05) is 19.1 Å². The summed E-state index contributed by atoms with van der Waals surface area (Å²) in [5.41, 5.74) is 3.46. The van der Waals surface area contributed by atoms with Crippen molar-refractivity contribution in [2.75, 3.05) is 7.11 Å². The van der Waals surface area contributed by atoms with Crippen LogP contribution < -0.4 is 5.32 Å². The van der Waals surface area contributed by atoms with Gasteiger partial charge in [0, 0.05) is 19.1 Å². The second-order valence-electron chi connectivity index (χ2n) is 6.40. The molecule has 4 rings (SSSR count). The first kappa shape index (κ1) is 17.4. The minimum atomic E-state index is -0.256. The van der Waals surface area contributed by atoms with Gasteiger partial charge in [0.1, 0.15) is 12.9 Å². The normalized spacial score (nSPS) is 15.7. The zero-order valence-corrected chi connectivity index (χ0v) is 15.2. The van der Waals surface area contributed by atoms with E-state index in [1.54, 1.807) is 7.11 Å². The maximum atomic E-state index is 12.4. The van der Waals surface area contributed by atoms with Gasteiger partial charge in [-0.2, -0.15) is 4.98 Å². The summed E-state index contributed by atoms with van der Waals surface area (Å²) in [5, 5.41) is 7.05. The summed E-state index contributed by atoms with van der Waals surface area (Å²) in [6.07, 6.45) is 3.77. The number of nitrogens with one attached hydrogen (secondary N) is 1. The van der Waals surface area contributed by atoms with Gasteiger partial charge in [-0.25, -0.2) is 4.98 Å². The van der Waals surface area contributed by atoms with Gasteiger partial charge in [0.15, 0.2) is 5.69 Å². The molecule has 1 aliphatic carbocycles. The van der Waals surface area contributed by atoms with Gasteiger partial charge < -0.3 is 19.0 Å². The van der Waals surface area contributed by atoms with Gasteiger partial charge in [0.25, 0.3) is 5.91 Å². The fourth-order valence-electron chi connectivity index (χ4n) is 3.26. The van der Waals surface area contributed by atoms with Crippen LogP contribution in [0.1, 0.15) is 52.8 Å². The summed E-state index contributed by atoms with van der Waals surface area (Å²) >= 11 is 0. The number of aromatic nitrogens is 3. The van der Waals surface area contributed by atoms with Gasteiger partial charge in [-0.1, -0.05) is 24.2 Å². The highest BCUT2D eigenvalue weighted by Gasteiger charge is 2.26. The first-order valence-corrected chi connectivity index (χ1v) is 8.88. The summed E-state index contributed by atoms with van der Waals surface area (Å²) < 4.78 is 15.4. The third kappa shape index (κ3) is 3.48. The van der Waals surface area contributed by atoms with Crippen molar-refractivity contribution in [1.29, 1.82) is 0 Å². The Morgan fingerprint density at radius 1 is 1.33 bits per heavy atom. The van der Waals surface area contributed by atoms with Crippen LogP contribution in [0, 0.1) is 0 Å². The second-order valence-corrected chi connectivity index (χ2v) is 6.40. The molecule has 8 heteroatoms. The van der Waals surface area contributed by atoms with Gasteiger partial charge in [-0.3, -0.25) is 4.79 Å². The van der Waals surface area contributed by atoms with Crippen molar-refractivity contribution in [1.82, 2.24) is 20.4 Å². The molecule has 0 saturated carbocycles. The van der Waals surface area contributed by atoms with Gasteiger partial charge in [-0.05, 0) is 30.0 Å². The molecule has 2 aromatic heterocycles. The average Bonchev–Trinajstić information content (AvgIpc) is 3.41. The van der Waals surface area contributed by atoms with E-state index < -0.39 is 0 Å². The van der Waals surface area contributed by atoms with Crippen LogP contribution in [-0.4, -0.2) is 28.1 Å². The van der Waals surface area contributed by atoms with Gasteiger partial charge in [-0.15, -0.1) is 0 Å². The summed E-state index contributed by atoms with van der Waals surface area (Å²) in [6.45, 7) is 2.21. The van der Waals surface area contributed by atoms with Gasteiger partial charge in [0.2, 0.25) is 17.6 Å². The van der Waals surface area contributed by atoms with E-state index in [9.17, 15) is 4.79 Å². The molecule has 3 aromatic rings. The number of amides is 1. The van der Waals surface area contributed by atoms with Crippen LogP contribution in [0.4, 0.5) is 0 Å². The standard InChI is InChI=1S/C19H20N4O4/c1-3-16-22-18(23-27-16)12-4-6-13-11(8-12)5-7-14(13)21-19(24)15-9-26-17(20-15)10-25-2/h4,6,8-9,14H,3,5,7,10H2,1-2H3,(H,21,24)/t14-/m1/s1. The lowest BCUT2D eigenvalue weighted by atomic mass is 10.0. The number of methoxy groups -OCH3 is 1. The summed E-state index contributed by atoms with van der Waals surface area (Å²) in [7, 11) is 1.55. The van der Waals surface area contributed by atoms with E-state index in [0.717, 1.165) is 24.0 Å². The van der Waals surface area contributed by atoms with E-state index in [2.05, 4.69) is 26.5 Å². The van der Waals surface area contributed by atoms with Crippen LogP contribution in [0.2, 0.25) is 0 Å². The molecule has 8 nitrogen and oxygen atoms in total. The van der Waals surface area contributed by atoms with E-state index in [1.165, 1.54) is 11.8 Å². The third-order valence-corrected chi connectivity index (χ3v) is 4.61. The first-order chi connectivity index (χ1) is 13.2. The molecule has 0 radical (unpaired) electrons. The Kier molecular flexibility index (Phi) is 4.72. The molecule has 1 N–H and O–H groups in total. The van der Waals surface area contributed by atoms with E-state index in [4.69, 9.17) is 13.7 Å². The Hall–Kier alpha value is -3.00. The topological polar surface area (TPSA) is 103 Å². The SMILES string of the molecule is CCc1nc(-c2ccc3c(c2)CC[C@H]3NC(=O)c2coc(COC)n2)no1. The largest absolute Gasteiger partial charge is 0.446 e. The molecule has 0 spiro atoms. The minimum Gasteiger partial charge on any atom is -0.446 e. The molecule has 140 valence electrons. The van der Waals surface area contributed by atoms with Crippen LogP contribution >= 0.6 is 0 Å². The molecule has 0 fully saturated rings. The Morgan fingerprint density at radius 3 is 3.00 bits per heavy atom. The predicted molar refractivity (Wildman–Crippen MR) is 94.9 cm³/mol. The quantitative estimate of drug-likeness (QED) is 0.713. The maximum absolute atomic E-state index is 12.4. The minimum absolute atomic E-state index is 0.0550. The molecule has 1 amide bonds. The predicted octanol–water partition coefficient (Wildman–Crippen LogP) is 2.85. The summed E-state index contributed by atoms with van der Waals surface area (Å²) in [4.78, 5) is 20.9. The van der Waals surface area contributed by atoms with E-state index in [-0.39, 0.29) is 24.2 Å². The fourth-order valence-corrected chi connectivity index (χ4v) is 3.26. The average molecular weight is 368 g/mol. The van der Waals surface area contributed by atoms with E-state index in [0.29, 0.717) is 24.0 Å². The third-order valence-electron chi connectivity index (χ3n) is 4.61. The molecular weight excluding hydrogens is 348 g/mol. The molecule has 0 bridgehead atoms. The highest BCUT2D eigenvalue weighted by molar-refractivity contribution is 5.92. The van der Waals surface area contributed by atoms with Gasteiger partial charge in [0.05, 0.1) is 6.04 Å². The number of fused-ring (bicyclic) bond motifs is 1. The summed E-state index contributed by atoms with van der Waals surface area (Å²) in [5.74, 6) is 1.34. The number of ether oxygens (including phenoxy) is 1. The highest BCUT2D eigenvalue weighted by Crippen LogP contribution is 2.34. The Labute approximate surface area is 155 Å². The number of rotatable bonds is 6. The van der Waals surface area contributed by atoms with Crippen molar-refractivity contribution >= 4 is 5.91 Å². The van der Waals surface area contributed by atoms with Crippen molar-refractivity contribution in [2.45, 2.75) is 38.8 Å². The number of hydrogen-bond acceptors (Lipinski definition) is 7. The number of nitrogens with zero attached hydrogens (tertiary/aromatic N) is 3. The van der Waals surface area contributed by atoms with Crippen LogP contribution in [0.5, 0.6) is 0 Å². The smallest absolute Gasteiger partial charge is 0.273 e. The highest BCUT2D eigenvalue weighted by atomic mass is 16.5. The lowest BCUT2D eigenvalue weighted by Crippen LogP contribution is -2.27. The number of hydrogen-bond donors (Lipinski definition) is 1. The number of aryl methyl sites for hydroxylation is 2. The fraction of sp³-hybridized carbons (Fsp3) is 0.368. The second kappa shape index (κ2) is 7.32. The molecule has 0 unspecified atom stereocenters. The van der Waals surface area contributed by atoms with Crippen LogP contribution in [-0.2, 0) is 24.2 Å². The number of carbonyl (C=O) groups excluding carboxylic acids is 1. The van der Waals surface area contributed by atoms with Crippen molar-refractivity contribution in [2.24, 2.45) is 0 Å². The Bertz CT molecular complexity index is 962. The van der Waals surface area contributed by atoms with Gasteiger partial charge >= 0.3 is 0 Å². The summed E-state index contributed by atoms with van der Waals surface area (Å²) in [6, 6.07) is 5.99. The molecular formula is C19H20N4O4. The lowest BCUT2D eigenvalue weighted by molar-refractivity contribution is 0.0931. The monoisotopic (exact) mass is 368 g/mol. The number of benzene rings is 1. The van der Waals surface area contributed by atoms with Crippen molar-refractivity contribution in [3.05, 3.63) is 53.1 Å². The molecule has 2 heterocycles. The molecule has 0 saturated heterocycles. The van der Waals surface area contributed by atoms with Crippen LogP contribution in [0.15, 0.2) is 33.4 Å². The molecule has 1 aliphatic rings. The Balaban J connectivity index is 1.49. The van der Waals surface area contributed by atoms with E-state index >= 15 is 0 Å². The number of carbonyl (C=O) groups is 1. The first-order valence-electron chi connectivity index (χ1n) is 8.88. The van der Waals surface area contributed by atoms with Crippen molar-refractivity contribution < 1.29 is 18.5 Å². The van der Waals surface area contributed by atoms with Crippen molar-refractivity contribution in [3.8, 4) is 11.4 Å². The molecule has 27 heavy (non-hydrogen) atoms. The zero-order valence-electron chi connectivity index (χ0n) is 15.2. The van der Waals surface area contributed by atoms with Crippen molar-refractivity contribution in [3.63, 3.8) is 0 Å². The molecule has 1 atom stereocenters. The lowest BCUT2D eigenvalue weighted by Gasteiger charge is -2.13. The Morgan fingerprint density at radius 2 is 2.22 bits per heavy atom. The molecule has 1 aromatic carbocycles.